The fourth-order valence-corrected chi connectivity index (χ4v) is 4.54. The molecular formula is C17H24IN3O2. The molecular weight excluding hydrogens is 405 g/mol. The maximum Gasteiger partial charge on any atom is 0.410 e. The van der Waals surface area contributed by atoms with Crippen LogP contribution < -0.4 is 0 Å². The van der Waals surface area contributed by atoms with Crippen LogP contribution in [0.15, 0.2) is 6.07 Å². The maximum atomic E-state index is 12.2. The number of hydrogen-bond donors (Lipinski definition) is 0. The Morgan fingerprint density at radius 2 is 1.96 bits per heavy atom. The molecule has 2 heterocycles. The molecule has 1 aromatic rings. The molecule has 2 aliphatic carbocycles. The monoisotopic (exact) mass is 429 g/mol. The van der Waals surface area contributed by atoms with E-state index in [9.17, 15) is 4.79 Å². The molecule has 5 nitrogen and oxygen atoms in total. The Bertz CT molecular complexity index is 620. The van der Waals surface area contributed by atoms with Crippen molar-refractivity contribution < 1.29 is 9.53 Å². The Kier molecular flexibility index (Phi) is 3.66. The predicted octanol–water partition coefficient (Wildman–Crippen LogP) is 3.79. The number of nitrogens with zero attached hydrogens (tertiary/aromatic N) is 3. The van der Waals surface area contributed by atoms with Gasteiger partial charge in [-0.15, -0.1) is 0 Å². The van der Waals surface area contributed by atoms with Gasteiger partial charge in [-0.2, -0.15) is 5.10 Å². The molecule has 1 amide bonds. The molecule has 23 heavy (non-hydrogen) atoms. The van der Waals surface area contributed by atoms with Crippen LogP contribution in [0.25, 0.3) is 0 Å². The number of piperidine rings is 1. The molecule has 3 aliphatic rings. The summed E-state index contributed by atoms with van der Waals surface area (Å²) in [4.78, 5) is 14.1. The van der Waals surface area contributed by atoms with E-state index in [0.717, 1.165) is 16.8 Å². The van der Waals surface area contributed by atoms with Gasteiger partial charge in [0.05, 0.1) is 6.04 Å². The Morgan fingerprint density at radius 1 is 1.30 bits per heavy atom. The van der Waals surface area contributed by atoms with Crippen LogP contribution in [-0.2, 0) is 4.74 Å². The number of fused-ring (bicyclic) bond motifs is 1. The number of aromatic nitrogens is 2. The highest BCUT2D eigenvalue weighted by Crippen LogP contribution is 2.59. The second-order valence-electron chi connectivity index (χ2n) is 8.16. The number of rotatable bonds is 2. The molecule has 6 heteroatoms. The summed E-state index contributed by atoms with van der Waals surface area (Å²) < 4.78 is 8.87. The van der Waals surface area contributed by atoms with E-state index in [4.69, 9.17) is 9.84 Å². The molecule has 0 spiro atoms. The molecule has 1 aromatic heterocycles. The second kappa shape index (κ2) is 5.36. The molecule has 0 bridgehead atoms. The highest BCUT2D eigenvalue weighted by Gasteiger charge is 2.59. The molecule has 0 aromatic carbocycles. The van der Waals surface area contributed by atoms with Crippen molar-refractivity contribution in [3.63, 3.8) is 0 Å². The van der Waals surface area contributed by atoms with Crippen LogP contribution in [0.3, 0.4) is 0 Å². The van der Waals surface area contributed by atoms with Gasteiger partial charge in [0, 0.05) is 24.7 Å². The quantitative estimate of drug-likeness (QED) is 0.673. The molecule has 3 fully saturated rings. The highest BCUT2D eigenvalue weighted by atomic mass is 127. The van der Waals surface area contributed by atoms with Gasteiger partial charge in [-0.3, -0.25) is 4.68 Å². The molecule has 4 rings (SSSR count). The lowest BCUT2D eigenvalue weighted by atomic mass is 9.93. The van der Waals surface area contributed by atoms with E-state index in [2.05, 4.69) is 33.3 Å². The Hall–Kier alpha value is -0.790. The number of carbonyl (C=O) groups excluding carboxylic acids is 1. The summed E-state index contributed by atoms with van der Waals surface area (Å²) >= 11 is 2.32. The van der Waals surface area contributed by atoms with E-state index >= 15 is 0 Å². The number of halogens is 1. The van der Waals surface area contributed by atoms with Crippen molar-refractivity contribution in [2.24, 2.45) is 11.8 Å². The lowest BCUT2D eigenvalue weighted by Crippen LogP contribution is -2.37. The van der Waals surface area contributed by atoms with Gasteiger partial charge < -0.3 is 9.64 Å². The van der Waals surface area contributed by atoms with Crippen molar-refractivity contribution in [3.8, 4) is 0 Å². The van der Waals surface area contributed by atoms with Crippen molar-refractivity contribution in [2.45, 2.75) is 57.6 Å². The minimum atomic E-state index is -0.414. The van der Waals surface area contributed by atoms with Gasteiger partial charge in [-0.05, 0) is 80.5 Å². The first-order chi connectivity index (χ1) is 10.8. The zero-order valence-corrected chi connectivity index (χ0v) is 16.1. The minimum Gasteiger partial charge on any atom is -0.444 e. The third-order valence-corrected chi connectivity index (χ3v) is 5.87. The van der Waals surface area contributed by atoms with Crippen LogP contribution in [0.5, 0.6) is 0 Å². The van der Waals surface area contributed by atoms with Gasteiger partial charge in [-0.25, -0.2) is 4.79 Å². The number of amides is 1. The van der Waals surface area contributed by atoms with Crippen LogP contribution in [0.4, 0.5) is 4.79 Å². The summed E-state index contributed by atoms with van der Waals surface area (Å²) in [7, 11) is 0. The first-order valence-corrected chi connectivity index (χ1v) is 9.64. The van der Waals surface area contributed by atoms with Crippen LogP contribution >= 0.6 is 22.6 Å². The van der Waals surface area contributed by atoms with Crippen molar-refractivity contribution >= 4 is 28.7 Å². The normalized spacial score (nSPS) is 30.1. The fourth-order valence-electron chi connectivity index (χ4n) is 3.99. The summed E-state index contributed by atoms with van der Waals surface area (Å²) in [6.45, 7) is 7.42. The van der Waals surface area contributed by atoms with Crippen LogP contribution in [0, 0.1) is 15.5 Å². The van der Waals surface area contributed by atoms with Crippen LogP contribution in [-0.4, -0.2) is 39.5 Å². The summed E-state index contributed by atoms with van der Waals surface area (Å²) in [6.07, 6.45) is 3.68. The Balaban J connectivity index is 1.42. The van der Waals surface area contributed by atoms with Gasteiger partial charge >= 0.3 is 6.09 Å². The van der Waals surface area contributed by atoms with Gasteiger partial charge in [0.1, 0.15) is 9.30 Å². The van der Waals surface area contributed by atoms with E-state index in [1.807, 2.05) is 25.7 Å². The minimum absolute atomic E-state index is 0.162. The topological polar surface area (TPSA) is 47.4 Å². The van der Waals surface area contributed by atoms with Crippen molar-refractivity contribution in [1.82, 2.24) is 14.7 Å². The predicted molar refractivity (Wildman–Crippen MR) is 95.4 cm³/mol. The molecule has 1 saturated heterocycles. The second-order valence-corrected chi connectivity index (χ2v) is 9.27. The number of ether oxygens (including phenoxy) is 1. The van der Waals surface area contributed by atoms with Gasteiger partial charge in [0.25, 0.3) is 0 Å². The number of likely N-dealkylation sites (tertiary alicyclic amines) is 1. The van der Waals surface area contributed by atoms with Crippen molar-refractivity contribution in [2.75, 3.05) is 13.1 Å². The van der Waals surface area contributed by atoms with E-state index < -0.39 is 5.60 Å². The van der Waals surface area contributed by atoms with Crippen LogP contribution in [0.1, 0.15) is 57.7 Å². The number of carbonyl (C=O) groups is 1. The molecule has 0 N–H and O–H groups in total. The van der Waals surface area contributed by atoms with Crippen molar-refractivity contribution in [1.29, 1.82) is 0 Å². The van der Waals surface area contributed by atoms with E-state index in [-0.39, 0.29) is 6.09 Å². The fraction of sp³-hybridized carbons (Fsp3) is 0.765. The molecule has 2 atom stereocenters. The summed E-state index contributed by atoms with van der Waals surface area (Å²) in [6, 6.07) is 2.86. The lowest BCUT2D eigenvalue weighted by Gasteiger charge is -2.29. The molecule has 0 radical (unpaired) electrons. The largest absolute Gasteiger partial charge is 0.444 e. The maximum absolute atomic E-state index is 12.2. The molecule has 126 valence electrons. The van der Waals surface area contributed by atoms with Crippen LogP contribution in [0.2, 0.25) is 0 Å². The first kappa shape index (κ1) is 15.7. The Labute approximate surface area is 150 Å². The lowest BCUT2D eigenvalue weighted by molar-refractivity contribution is 0.0270. The molecule has 1 aliphatic heterocycles. The smallest absolute Gasteiger partial charge is 0.410 e. The summed E-state index contributed by atoms with van der Waals surface area (Å²) in [5.41, 5.74) is 0.986. The summed E-state index contributed by atoms with van der Waals surface area (Å²) in [5.74, 6) is 1.77. The van der Waals surface area contributed by atoms with Gasteiger partial charge in [0.2, 0.25) is 0 Å². The third kappa shape index (κ3) is 2.87. The molecule has 2 saturated carbocycles. The SMILES string of the molecule is CC(C)(C)OC(=O)N1CC2C(C1)C2c1cc(I)nn1C1CCC1. The third-order valence-electron chi connectivity index (χ3n) is 5.34. The van der Waals surface area contributed by atoms with Crippen molar-refractivity contribution in [3.05, 3.63) is 15.5 Å². The zero-order valence-electron chi connectivity index (χ0n) is 14.0. The Morgan fingerprint density at radius 3 is 2.48 bits per heavy atom. The average Bonchev–Trinajstić information content (AvgIpc) is 2.74. The molecule has 2 unspecified atom stereocenters. The summed E-state index contributed by atoms with van der Waals surface area (Å²) in [5, 5.41) is 4.72. The average molecular weight is 429 g/mol. The van der Waals surface area contributed by atoms with E-state index in [1.54, 1.807) is 0 Å². The van der Waals surface area contributed by atoms with Gasteiger partial charge in [-0.1, -0.05) is 0 Å². The van der Waals surface area contributed by atoms with E-state index in [0.29, 0.717) is 23.8 Å². The number of hydrogen-bond acceptors (Lipinski definition) is 3. The van der Waals surface area contributed by atoms with Gasteiger partial charge in [0.15, 0.2) is 0 Å². The standard InChI is InChI=1S/C17H24IN3O2/c1-17(2,3)23-16(22)20-8-11-12(9-20)15(11)13-7-14(18)19-21(13)10-5-4-6-10/h7,10-12,15H,4-6,8-9H2,1-3H3. The van der Waals surface area contributed by atoms with E-state index in [1.165, 1.54) is 25.0 Å². The zero-order chi connectivity index (χ0) is 16.4. The first-order valence-electron chi connectivity index (χ1n) is 8.56. The highest BCUT2D eigenvalue weighted by molar-refractivity contribution is 14.1.